The molecule has 0 atom stereocenters. The number of aromatic nitrogens is 4. The second-order valence-corrected chi connectivity index (χ2v) is 14.9. The summed E-state index contributed by atoms with van der Waals surface area (Å²) in [4.78, 5) is 4.72. The largest absolute Gasteiger partial charge is 0.319 e. The predicted molar refractivity (Wildman–Crippen MR) is 164 cm³/mol. The summed E-state index contributed by atoms with van der Waals surface area (Å²) < 4.78 is 29.6. The van der Waals surface area contributed by atoms with Gasteiger partial charge in [0.1, 0.15) is 5.82 Å². The Morgan fingerprint density at radius 2 is 1.55 bits per heavy atom. The van der Waals surface area contributed by atoms with Crippen LogP contribution in [-0.4, -0.2) is 26.8 Å². The fraction of sp³-hybridized carbons (Fsp3) is 0.118. The molecule has 0 fully saturated rings. The Labute approximate surface area is 254 Å². The van der Waals surface area contributed by atoms with Crippen LogP contribution in [0.3, 0.4) is 0 Å². The van der Waals surface area contributed by atoms with Crippen molar-refractivity contribution in [3.05, 3.63) is 121 Å². The molecule has 0 saturated carbocycles. The van der Waals surface area contributed by atoms with Gasteiger partial charge in [0.2, 0.25) is 0 Å². The van der Waals surface area contributed by atoms with Crippen molar-refractivity contribution < 1.29 is 25.2 Å². The molecular formula is C34H29N4PtSi-. The summed E-state index contributed by atoms with van der Waals surface area (Å²) in [7, 11) is -2.29. The molecule has 7 rings (SSSR count). The van der Waals surface area contributed by atoms with Gasteiger partial charge in [0.05, 0.1) is 8.07 Å². The van der Waals surface area contributed by atoms with Crippen molar-refractivity contribution in [3.8, 4) is 11.5 Å². The molecule has 0 radical (unpaired) electrons. The molecule has 6 heteroatoms. The van der Waals surface area contributed by atoms with E-state index in [1.54, 1.807) is 6.33 Å². The number of para-hydroxylation sites is 3. The van der Waals surface area contributed by atoms with Crippen LogP contribution in [0.2, 0.25) is 13.1 Å². The molecule has 4 nitrogen and oxygen atoms in total. The summed E-state index contributed by atoms with van der Waals surface area (Å²) in [6, 6.07) is 38.2. The third-order valence-corrected chi connectivity index (χ3v) is 11.0. The first kappa shape index (κ1) is 23.0. The number of hydrogen-bond acceptors (Lipinski definition) is 1. The first-order valence-corrected chi connectivity index (χ1v) is 16.1. The molecule has 4 aromatic carbocycles. The minimum atomic E-state index is -2.29. The first-order valence-electron chi connectivity index (χ1n) is 14.6. The summed E-state index contributed by atoms with van der Waals surface area (Å²) >= 11 is 0. The van der Waals surface area contributed by atoms with E-state index >= 15 is 0 Å². The van der Waals surface area contributed by atoms with Crippen molar-refractivity contribution >= 4 is 51.3 Å². The number of imidazole rings is 1. The molecule has 40 heavy (non-hydrogen) atoms. The summed E-state index contributed by atoms with van der Waals surface area (Å²) in [5.74, 6) is 0.879. The van der Waals surface area contributed by atoms with Crippen LogP contribution >= 0.6 is 0 Å². The van der Waals surface area contributed by atoms with Crippen LogP contribution in [0.25, 0.3) is 44.3 Å². The van der Waals surface area contributed by atoms with E-state index in [-0.39, 0.29) is 21.1 Å². The van der Waals surface area contributed by atoms with Crippen LogP contribution in [-0.2, 0) is 28.0 Å². The number of benzene rings is 4. The molecular weight excluding hydrogens is 688 g/mol. The Bertz CT molecular complexity index is 2150. The van der Waals surface area contributed by atoms with Crippen LogP contribution in [0.5, 0.6) is 0 Å². The molecule has 0 spiro atoms. The molecule has 0 aliphatic rings. The van der Waals surface area contributed by atoms with Gasteiger partial charge in [-0.05, 0) is 48.2 Å². The number of aryl methyl sites for hydroxylation is 2. The molecule has 3 heterocycles. The molecule has 0 bridgehead atoms. The molecule has 3 aromatic heterocycles. The summed E-state index contributed by atoms with van der Waals surface area (Å²) in [5.41, 5.74) is 5.56. The summed E-state index contributed by atoms with van der Waals surface area (Å²) in [6.45, 7) is 4.43. The Kier molecular flexibility index (Phi) is 5.74. The van der Waals surface area contributed by atoms with Crippen LogP contribution < -0.4 is 10.4 Å². The number of nitrogens with zero attached hydrogens (tertiary/aromatic N) is 4. The van der Waals surface area contributed by atoms with E-state index < -0.39 is 15.0 Å². The smallest absolute Gasteiger partial charge is 0.188 e. The topological polar surface area (TPSA) is 27.7 Å². The molecule has 0 aliphatic heterocycles. The zero-order valence-corrected chi connectivity index (χ0v) is 25.7. The van der Waals surface area contributed by atoms with Crippen LogP contribution in [0.1, 0.15) is 9.68 Å². The third-order valence-electron chi connectivity index (χ3n) is 7.73. The SMILES string of the molecule is [2H]C([2H])([2H])n1[cH+]n(-c2[c-]c([Si](C)(C)c3[c-]c4c(cc3)c3ccccc3n4-c3cc(C)ccn3)ccc2)c2ccccc21.[Pt]. The van der Waals surface area contributed by atoms with E-state index in [2.05, 4.69) is 85.2 Å². The van der Waals surface area contributed by atoms with Crippen molar-refractivity contribution in [2.45, 2.75) is 20.0 Å². The standard InChI is InChI=1S/C34H29N4Si.Pt/c1-24-18-19-35-34(20-24)38-30-13-6-5-12-28(30)29-17-16-27(22-33(29)38)39(3,4)26-11-9-10-25(21-26)37-23-36(2)31-14-7-8-15-32(31)37;/h5-20,23H,1-4H3;/q-1;/i2D3;. The van der Waals surface area contributed by atoms with Crippen molar-refractivity contribution in [1.29, 1.82) is 0 Å². The van der Waals surface area contributed by atoms with Crippen LogP contribution in [0, 0.1) is 19.1 Å². The van der Waals surface area contributed by atoms with Crippen LogP contribution in [0.15, 0.2) is 104 Å². The number of fused-ring (bicyclic) bond motifs is 4. The maximum absolute atomic E-state index is 8.05. The van der Waals surface area contributed by atoms with Crippen molar-refractivity contribution in [3.63, 3.8) is 0 Å². The Balaban J connectivity index is 0.00000329. The number of rotatable bonds is 4. The summed E-state index contributed by atoms with van der Waals surface area (Å²) in [6.07, 6.45) is 3.52. The maximum atomic E-state index is 8.05. The van der Waals surface area contributed by atoms with E-state index in [1.165, 1.54) is 9.95 Å². The maximum Gasteiger partial charge on any atom is 0.188 e. The molecule has 200 valence electrons. The van der Waals surface area contributed by atoms with E-state index in [0.29, 0.717) is 5.52 Å². The summed E-state index contributed by atoms with van der Waals surface area (Å²) in [5, 5.41) is 4.60. The molecule has 0 saturated heterocycles. The Morgan fingerprint density at radius 3 is 2.35 bits per heavy atom. The van der Waals surface area contributed by atoms with Gasteiger partial charge in [-0.3, -0.25) is 0 Å². The second-order valence-electron chi connectivity index (χ2n) is 10.6. The average Bonchev–Trinajstić information content (AvgIpc) is 3.54. The number of pyridine rings is 1. The van der Waals surface area contributed by atoms with Gasteiger partial charge in [-0.1, -0.05) is 36.8 Å². The molecule has 0 unspecified atom stereocenters. The Morgan fingerprint density at radius 1 is 0.800 bits per heavy atom. The molecule has 0 N–H and O–H groups in total. The van der Waals surface area contributed by atoms with E-state index in [1.807, 2.05) is 53.2 Å². The quantitative estimate of drug-likeness (QED) is 0.152. The monoisotopic (exact) mass is 719 g/mol. The first-order chi connectivity index (χ1) is 20.1. The molecule has 0 amide bonds. The second kappa shape index (κ2) is 9.99. The van der Waals surface area contributed by atoms with Gasteiger partial charge >= 0.3 is 0 Å². The number of hydrogen-bond donors (Lipinski definition) is 0. The zero-order valence-electron chi connectivity index (χ0n) is 25.4. The van der Waals surface area contributed by atoms with Crippen LogP contribution in [0.4, 0.5) is 0 Å². The van der Waals surface area contributed by atoms with E-state index in [9.17, 15) is 0 Å². The fourth-order valence-corrected chi connectivity index (χ4v) is 7.72. The van der Waals surface area contributed by atoms with E-state index in [4.69, 9.17) is 9.10 Å². The third kappa shape index (κ3) is 4.16. The predicted octanol–water partition coefficient (Wildman–Crippen LogP) is 6.47. The van der Waals surface area contributed by atoms with Gasteiger partial charge in [0.15, 0.2) is 17.4 Å². The van der Waals surface area contributed by atoms with Crippen molar-refractivity contribution in [2.75, 3.05) is 0 Å². The Hall–Kier alpha value is -3.79. The van der Waals surface area contributed by atoms with Crippen molar-refractivity contribution in [2.24, 2.45) is 6.98 Å². The van der Waals surface area contributed by atoms with E-state index in [0.717, 1.165) is 49.4 Å². The average molecular weight is 720 g/mol. The fourth-order valence-electron chi connectivity index (χ4n) is 5.55. The minimum Gasteiger partial charge on any atom is -0.319 e. The van der Waals surface area contributed by atoms with Gasteiger partial charge < -0.3 is 4.57 Å². The molecule has 7 aromatic rings. The van der Waals surface area contributed by atoms with Gasteiger partial charge in [-0.2, -0.15) is 40.7 Å². The van der Waals surface area contributed by atoms with Crippen molar-refractivity contribution in [1.82, 2.24) is 18.7 Å². The van der Waals surface area contributed by atoms with Gasteiger partial charge in [-0.25, -0.2) is 14.1 Å². The molecule has 0 aliphatic carbocycles. The normalized spacial score (nSPS) is 13.2. The van der Waals surface area contributed by atoms with Gasteiger partial charge in [-0.15, -0.1) is 17.5 Å². The zero-order chi connectivity index (χ0) is 29.2. The van der Waals surface area contributed by atoms with Gasteiger partial charge in [0.25, 0.3) is 0 Å². The minimum absolute atomic E-state index is 0. The van der Waals surface area contributed by atoms with Gasteiger partial charge in [0, 0.05) is 61.7 Å².